The number of hydrogen-bond acceptors (Lipinski definition) is 9. The van der Waals surface area contributed by atoms with Crippen LogP contribution in [0.1, 0.15) is 115 Å². The van der Waals surface area contributed by atoms with Crippen LogP contribution in [-0.2, 0) is 52.1 Å². The highest BCUT2D eigenvalue weighted by Crippen LogP contribution is 2.31. The van der Waals surface area contributed by atoms with Gasteiger partial charge in [0.25, 0.3) is 0 Å². The van der Waals surface area contributed by atoms with Crippen molar-refractivity contribution in [2.75, 3.05) is 22.6 Å². The van der Waals surface area contributed by atoms with Crippen LogP contribution in [0.2, 0.25) is 0 Å². The standard InChI is InChI=1S/C56H69N7O8/c1-10-11-22-44(60-52(68)49(36(2)3)62-47(65)30-31-48(66)63-33-40-19-13-12-17-38(40)26-27-39-18-14-15-23-45(39)63)51(67)58-42-28-24-37(25-29-42)35-71-54(70)59-43-21-16-20-41(32-43)56(7,8)50(57-9)53(69)61-46(34-64)55(4,5)6/h12-21,23-25,28-29,32,34,36,44,46,49-50,57H,10-11,22,30-31,33,35H2,1-9H3,(H,58,67)(H,59,70)(H,60,68)(H,61,69)(H,62,65)/t44-,46+,49-,50-/m0/s1. The molecular weight excluding hydrogens is 899 g/mol. The van der Waals surface area contributed by atoms with E-state index >= 15 is 0 Å². The van der Waals surface area contributed by atoms with Crippen molar-refractivity contribution < 1.29 is 38.3 Å². The number of anilines is 3. The quantitative estimate of drug-likeness (QED) is 0.0361. The summed E-state index contributed by atoms with van der Waals surface area (Å²) in [6.45, 7) is 15.2. The number of benzene rings is 4. The van der Waals surface area contributed by atoms with Gasteiger partial charge in [0.05, 0.1) is 24.3 Å². The fourth-order valence-corrected chi connectivity index (χ4v) is 8.17. The second kappa shape index (κ2) is 25.0. The molecule has 0 bridgehead atoms. The van der Waals surface area contributed by atoms with E-state index in [2.05, 4.69) is 43.7 Å². The molecule has 0 radical (unpaired) electrons. The minimum absolute atomic E-state index is 0.0689. The Morgan fingerprint density at radius 1 is 0.746 bits per heavy atom. The Morgan fingerprint density at radius 3 is 2.08 bits per heavy atom. The van der Waals surface area contributed by atoms with E-state index in [0.717, 1.165) is 29.4 Å². The molecule has 0 saturated carbocycles. The molecule has 0 aliphatic carbocycles. The summed E-state index contributed by atoms with van der Waals surface area (Å²) in [5, 5.41) is 17.2. The number of hydrogen-bond donors (Lipinski definition) is 6. The third-order valence-corrected chi connectivity index (χ3v) is 12.6. The van der Waals surface area contributed by atoms with E-state index in [-0.39, 0.29) is 37.2 Å². The lowest BCUT2D eigenvalue weighted by molar-refractivity contribution is -0.132. The Morgan fingerprint density at radius 2 is 1.42 bits per heavy atom. The summed E-state index contributed by atoms with van der Waals surface area (Å²) in [7, 11) is 1.68. The number of rotatable bonds is 21. The van der Waals surface area contributed by atoms with Crippen molar-refractivity contribution in [3.8, 4) is 11.8 Å². The van der Waals surface area contributed by atoms with Gasteiger partial charge in [-0.3, -0.25) is 29.3 Å². The van der Waals surface area contributed by atoms with E-state index in [9.17, 15) is 33.6 Å². The van der Waals surface area contributed by atoms with Crippen molar-refractivity contribution in [3.63, 3.8) is 0 Å². The first-order valence-corrected chi connectivity index (χ1v) is 24.2. The van der Waals surface area contributed by atoms with Gasteiger partial charge in [0.2, 0.25) is 29.5 Å². The molecule has 71 heavy (non-hydrogen) atoms. The zero-order valence-electron chi connectivity index (χ0n) is 42.4. The molecular formula is C56H69N7O8. The highest BCUT2D eigenvalue weighted by atomic mass is 16.5. The molecule has 6 amide bonds. The van der Waals surface area contributed by atoms with Crippen LogP contribution in [0.5, 0.6) is 0 Å². The zero-order valence-corrected chi connectivity index (χ0v) is 42.4. The van der Waals surface area contributed by atoms with Crippen LogP contribution in [0.15, 0.2) is 97.1 Å². The number of carbonyl (C=O) groups is 7. The van der Waals surface area contributed by atoms with Crippen LogP contribution < -0.4 is 36.8 Å². The summed E-state index contributed by atoms with van der Waals surface area (Å²) in [6.07, 6.45) is 1.59. The molecule has 0 aromatic heterocycles. The van der Waals surface area contributed by atoms with Crippen molar-refractivity contribution in [2.45, 2.75) is 130 Å². The maximum absolute atomic E-state index is 13.8. The lowest BCUT2D eigenvalue weighted by Crippen LogP contribution is -2.57. The first-order chi connectivity index (χ1) is 33.7. The summed E-state index contributed by atoms with van der Waals surface area (Å²) < 4.78 is 5.51. The Hall–Kier alpha value is -7.31. The number of aldehydes is 1. The van der Waals surface area contributed by atoms with E-state index in [1.807, 2.05) is 96.1 Å². The summed E-state index contributed by atoms with van der Waals surface area (Å²) >= 11 is 0. The van der Waals surface area contributed by atoms with Gasteiger partial charge in [0.15, 0.2) is 0 Å². The molecule has 376 valence electrons. The largest absolute Gasteiger partial charge is 0.444 e. The Balaban J connectivity index is 1.13. The predicted octanol–water partition coefficient (Wildman–Crippen LogP) is 7.51. The Bertz CT molecular complexity index is 2610. The van der Waals surface area contributed by atoms with Crippen molar-refractivity contribution in [3.05, 3.63) is 125 Å². The molecule has 0 fully saturated rings. The molecule has 6 N–H and O–H groups in total. The summed E-state index contributed by atoms with van der Waals surface area (Å²) in [5.74, 6) is 4.05. The first-order valence-electron chi connectivity index (χ1n) is 24.2. The maximum atomic E-state index is 13.8. The number of ether oxygens (including phenoxy) is 1. The smallest absolute Gasteiger partial charge is 0.411 e. The van der Waals surface area contributed by atoms with Crippen LogP contribution in [0.25, 0.3) is 0 Å². The van der Waals surface area contributed by atoms with Crippen LogP contribution >= 0.6 is 0 Å². The third kappa shape index (κ3) is 15.1. The lowest BCUT2D eigenvalue weighted by Gasteiger charge is -2.36. The van der Waals surface area contributed by atoms with E-state index in [1.165, 1.54) is 0 Å². The molecule has 4 atom stereocenters. The van der Waals surface area contributed by atoms with E-state index in [0.29, 0.717) is 47.6 Å². The molecule has 15 nitrogen and oxygen atoms in total. The number of fused-ring (bicyclic) bond motifs is 2. The van der Waals surface area contributed by atoms with Crippen molar-refractivity contribution in [1.82, 2.24) is 21.3 Å². The zero-order chi connectivity index (χ0) is 51.9. The number of para-hydroxylation sites is 1. The molecule has 0 spiro atoms. The van der Waals surface area contributed by atoms with E-state index < -0.39 is 58.8 Å². The molecule has 1 aliphatic heterocycles. The molecule has 5 rings (SSSR count). The summed E-state index contributed by atoms with van der Waals surface area (Å²) in [5.41, 5.74) is 4.21. The second-order valence-electron chi connectivity index (χ2n) is 19.8. The molecule has 4 aromatic rings. The van der Waals surface area contributed by atoms with Gasteiger partial charge in [-0.05, 0) is 84.0 Å². The Kier molecular flexibility index (Phi) is 19.2. The topological polar surface area (TPSA) is 204 Å². The molecule has 0 unspecified atom stereocenters. The number of likely N-dealkylation sites (N-methyl/N-ethyl adjacent to an activating group) is 1. The number of unbranched alkanes of at least 4 members (excludes halogenated alkanes) is 1. The fourth-order valence-electron chi connectivity index (χ4n) is 8.17. The van der Waals surface area contributed by atoms with Crippen LogP contribution in [0.4, 0.5) is 21.9 Å². The van der Waals surface area contributed by atoms with Gasteiger partial charge in [-0.15, -0.1) is 0 Å². The van der Waals surface area contributed by atoms with Crippen molar-refractivity contribution in [2.24, 2.45) is 11.3 Å². The average Bonchev–Trinajstić information content (AvgIpc) is 3.33. The van der Waals surface area contributed by atoms with Gasteiger partial charge in [-0.25, -0.2) is 4.79 Å². The third-order valence-electron chi connectivity index (χ3n) is 12.6. The van der Waals surface area contributed by atoms with Gasteiger partial charge in [-0.2, -0.15) is 0 Å². The molecule has 1 aliphatic rings. The van der Waals surface area contributed by atoms with Crippen LogP contribution in [0.3, 0.4) is 0 Å². The maximum Gasteiger partial charge on any atom is 0.411 e. The highest BCUT2D eigenvalue weighted by molar-refractivity contribution is 6.00. The number of nitrogens with zero attached hydrogens (tertiary/aromatic N) is 1. The van der Waals surface area contributed by atoms with Crippen LogP contribution in [-0.4, -0.2) is 73.1 Å². The Labute approximate surface area is 418 Å². The monoisotopic (exact) mass is 968 g/mol. The fraction of sp³-hybridized carbons (Fsp3) is 0.411. The second-order valence-corrected chi connectivity index (χ2v) is 19.8. The van der Waals surface area contributed by atoms with Crippen molar-refractivity contribution in [1.29, 1.82) is 0 Å². The molecule has 0 saturated heterocycles. The van der Waals surface area contributed by atoms with E-state index in [1.54, 1.807) is 68.3 Å². The number of amides is 6. The predicted molar refractivity (Wildman–Crippen MR) is 276 cm³/mol. The van der Waals surface area contributed by atoms with Gasteiger partial charge in [0.1, 0.15) is 25.0 Å². The van der Waals surface area contributed by atoms with E-state index in [4.69, 9.17) is 4.74 Å². The average molecular weight is 968 g/mol. The van der Waals surface area contributed by atoms with Crippen molar-refractivity contribution >= 4 is 59.0 Å². The minimum Gasteiger partial charge on any atom is -0.444 e. The highest BCUT2D eigenvalue weighted by Gasteiger charge is 2.38. The number of carbonyl (C=O) groups excluding carboxylic acids is 7. The first kappa shape index (κ1) is 54.6. The SMILES string of the molecule is CCCC[C@H](NC(=O)[C@@H](NC(=O)CCC(=O)N1Cc2ccccc2C#Cc2ccccc21)C(C)C)C(=O)Nc1ccc(COC(=O)Nc2cccc(C(C)(C)[C@@H](NC)C(=O)N[C@H](C=O)C(C)(C)C)c2)cc1. The molecule has 15 heteroatoms. The number of nitrogens with one attached hydrogen (secondary N) is 6. The normalized spacial score (nSPS) is 13.7. The summed E-state index contributed by atoms with van der Waals surface area (Å²) in [4.78, 5) is 94.3. The molecule has 1 heterocycles. The molecule has 4 aromatic carbocycles. The van der Waals surface area contributed by atoms with Gasteiger partial charge < -0.3 is 41.0 Å². The lowest BCUT2D eigenvalue weighted by atomic mass is 9.76. The van der Waals surface area contributed by atoms with Gasteiger partial charge >= 0.3 is 6.09 Å². The van der Waals surface area contributed by atoms with Gasteiger partial charge in [-0.1, -0.05) is 135 Å². The van der Waals surface area contributed by atoms with Crippen LogP contribution in [0, 0.1) is 23.2 Å². The van der Waals surface area contributed by atoms with Gasteiger partial charge in [0, 0.05) is 40.8 Å². The minimum atomic E-state index is -0.966. The summed E-state index contributed by atoms with van der Waals surface area (Å²) in [6, 6.07) is 25.7.